The van der Waals surface area contributed by atoms with Gasteiger partial charge in [-0.15, -0.1) is 12.4 Å². The lowest BCUT2D eigenvalue weighted by Crippen LogP contribution is -2.30. The van der Waals surface area contributed by atoms with Crippen LogP contribution in [0.2, 0.25) is 5.02 Å². The highest BCUT2D eigenvalue weighted by Crippen LogP contribution is 2.29. The van der Waals surface area contributed by atoms with E-state index >= 15 is 0 Å². The van der Waals surface area contributed by atoms with E-state index in [9.17, 15) is 13.2 Å². The van der Waals surface area contributed by atoms with Crippen LogP contribution in [0.1, 0.15) is 30.6 Å². The summed E-state index contributed by atoms with van der Waals surface area (Å²) in [6.07, 6.45) is 0.807. The Bertz CT molecular complexity index is 967. The lowest BCUT2D eigenvalue weighted by Gasteiger charge is -2.17. The maximum atomic E-state index is 12.9. The van der Waals surface area contributed by atoms with E-state index in [0.717, 1.165) is 26.1 Å². The zero-order chi connectivity index (χ0) is 22.1. The molecule has 31 heavy (non-hydrogen) atoms. The highest BCUT2D eigenvalue weighted by molar-refractivity contribution is 7.92. The fourth-order valence-corrected chi connectivity index (χ4v) is 4.52. The Kier molecular flexibility index (Phi) is 11.1. The van der Waals surface area contributed by atoms with Crippen LogP contribution in [0.5, 0.6) is 5.75 Å². The van der Waals surface area contributed by atoms with Crippen LogP contribution < -0.4 is 14.8 Å². The van der Waals surface area contributed by atoms with Gasteiger partial charge in [-0.3, -0.25) is 9.52 Å². The van der Waals surface area contributed by atoms with Crippen molar-refractivity contribution in [1.82, 2.24) is 10.2 Å². The molecular weight excluding hydrogens is 461 g/mol. The van der Waals surface area contributed by atoms with E-state index in [1.807, 2.05) is 0 Å². The molecule has 0 radical (unpaired) electrons. The number of nitrogens with one attached hydrogen (secondary N) is 2. The summed E-state index contributed by atoms with van der Waals surface area (Å²) >= 11 is 6.13. The Balaban J connectivity index is 0.00000480. The first-order valence-electron chi connectivity index (χ1n) is 9.78. The van der Waals surface area contributed by atoms with Gasteiger partial charge < -0.3 is 15.0 Å². The average molecular weight is 490 g/mol. The standard InChI is InChI=1S/C21H28ClN3O4S.ClH/c1-4-25(5-2)14-8-13-23-21(26)16-11-12-17(22)20(15-16)30(27,28)24-18-9-6-7-10-19(18)29-3;/h6-7,9-12,15,24H,4-5,8,13-14H2,1-3H3,(H,23,26);1H. The summed E-state index contributed by atoms with van der Waals surface area (Å²) in [6.45, 7) is 7.49. The van der Waals surface area contributed by atoms with Crippen molar-refractivity contribution >= 4 is 45.6 Å². The van der Waals surface area contributed by atoms with Crippen molar-refractivity contribution in [3.8, 4) is 5.75 Å². The van der Waals surface area contributed by atoms with Crippen LogP contribution in [-0.4, -0.2) is 52.5 Å². The van der Waals surface area contributed by atoms with Gasteiger partial charge in [-0.1, -0.05) is 37.6 Å². The normalized spacial score (nSPS) is 11.0. The number of para-hydroxylation sites is 2. The van der Waals surface area contributed by atoms with Crippen LogP contribution in [0.4, 0.5) is 5.69 Å². The molecule has 0 unspecified atom stereocenters. The first-order chi connectivity index (χ1) is 14.3. The van der Waals surface area contributed by atoms with Crippen LogP contribution in [0.25, 0.3) is 0 Å². The summed E-state index contributed by atoms with van der Waals surface area (Å²) in [5.41, 5.74) is 0.505. The van der Waals surface area contributed by atoms with Crippen LogP contribution in [0.15, 0.2) is 47.4 Å². The third-order valence-electron chi connectivity index (χ3n) is 4.67. The number of halogens is 2. The number of ether oxygens (including phenoxy) is 1. The van der Waals surface area contributed by atoms with Crippen molar-refractivity contribution < 1.29 is 17.9 Å². The molecule has 7 nitrogen and oxygen atoms in total. The maximum absolute atomic E-state index is 12.9. The lowest BCUT2D eigenvalue weighted by molar-refractivity contribution is 0.0951. The number of rotatable bonds is 11. The van der Waals surface area contributed by atoms with Gasteiger partial charge in [0, 0.05) is 12.1 Å². The van der Waals surface area contributed by atoms with Gasteiger partial charge in [0.1, 0.15) is 10.6 Å². The van der Waals surface area contributed by atoms with Crippen molar-refractivity contribution in [1.29, 1.82) is 0 Å². The first kappa shape index (κ1) is 27.0. The molecule has 2 N–H and O–H groups in total. The van der Waals surface area contributed by atoms with E-state index < -0.39 is 10.0 Å². The topological polar surface area (TPSA) is 87.7 Å². The quantitative estimate of drug-likeness (QED) is 0.465. The van der Waals surface area contributed by atoms with Crippen LogP contribution >= 0.6 is 24.0 Å². The number of hydrogen-bond acceptors (Lipinski definition) is 5. The van der Waals surface area contributed by atoms with E-state index in [1.165, 1.54) is 25.3 Å². The molecule has 0 atom stereocenters. The fourth-order valence-electron chi connectivity index (χ4n) is 2.93. The number of methoxy groups -OCH3 is 1. The largest absolute Gasteiger partial charge is 0.495 e. The van der Waals surface area contributed by atoms with Crippen molar-refractivity contribution in [3.63, 3.8) is 0 Å². The molecule has 0 bridgehead atoms. The minimum atomic E-state index is -4.02. The third kappa shape index (κ3) is 7.57. The monoisotopic (exact) mass is 489 g/mol. The fraction of sp³-hybridized carbons (Fsp3) is 0.381. The van der Waals surface area contributed by atoms with E-state index in [-0.39, 0.29) is 39.5 Å². The number of anilines is 1. The van der Waals surface area contributed by atoms with E-state index in [1.54, 1.807) is 24.3 Å². The van der Waals surface area contributed by atoms with Crippen molar-refractivity contribution in [2.45, 2.75) is 25.2 Å². The number of amides is 1. The zero-order valence-corrected chi connectivity index (χ0v) is 20.2. The van der Waals surface area contributed by atoms with Gasteiger partial charge in [0.15, 0.2) is 0 Å². The van der Waals surface area contributed by atoms with E-state index in [0.29, 0.717) is 12.3 Å². The molecule has 1 amide bonds. The minimum Gasteiger partial charge on any atom is -0.495 e. The maximum Gasteiger partial charge on any atom is 0.263 e. The van der Waals surface area contributed by atoms with Gasteiger partial charge in [-0.05, 0) is 56.4 Å². The average Bonchev–Trinajstić information content (AvgIpc) is 2.74. The molecule has 0 aliphatic carbocycles. The molecular formula is C21H29Cl2N3O4S. The Morgan fingerprint density at radius 3 is 2.45 bits per heavy atom. The summed E-state index contributed by atoms with van der Waals surface area (Å²) in [5, 5.41) is 2.85. The molecule has 0 saturated carbocycles. The molecule has 0 heterocycles. The highest BCUT2D eigenvalue weighted by atomic mass is 35.5. The summed E-state index contributed by atoms with van der Waals surface area (Å²) in [5.74, 6) is 0.0271. The first-order valence-corrected chi connectivity index (χ1v) is 11.6. The summed E-state index contributed by atoms with van der Waals surface area (Å²) in [4.78, 5) is 14.6. The van der Waals surface area contributed by atoms with Gasteiger partial charge in [0.2, 0.25) is 0 Å². The predicted octanol–water partition coefficient (Wildman–Crippen LogP) is 4.03. The molecule has 0 saturated heterocycles. The number of sulfonamides is 1. The molecule has 172 valence electrons. The highest BCUT2D eigenvalue weighted by Gasteiger charge is 2.21. The summed E-state index contributed by atoms with van der Waals surface area (Å²) in [6, 6.07) is 10.8. The van der Waals surface area contributed by atoms with Gasteiger partial charge in [0.25, 0.3) is 15.9 Å². The molecule has 0 fully saturated rings. The van der Waals surface area contributed by atoms with Gasteiger partial charge >= 0.3 is 0 Å². The number of hydrogen-bond donors (Lipinski definition) is 2. The molecule has 0 aromatic heterocycles. The number of nitrogens with zero attached hydrogens (tertiary/aromatic N) is 1. The second-order valence-corrected chi connectivity index (χ2v) is 8.65. The smallest absolute Gasteiger partial charge is 0.263 e. The molecule has 0 spiro atoms. The second kappa shape index (κ2) is 12.8. The van der Waals surface area contributed by atoms with Crippen molar-refractivity contribution in [3.05, 3.63) is 53.1 Å². The third-order valence-corrected chi connectivity index (χ3v) is 6.51. The Hall–Kier alpha value is -2.00. The number of benzene rings is 2. The Morgan fingerprint density at radius 2 is 1.81 bits per heavy atom. The van der Waals surface area contributed by atoms with Gasteiger partial charge in [-0.2, -0.15) is 0 Å². The Labute approximate surface area is 195 Å². The zero-order valence-electron chi connectivity index (χ0n) is 17.9. The van der Waals surface area contributed by atoms with Crippen molar-refractivity contribution in [2.24, 2.45) is 0 Å². The molecule has 0 aliphatic rings. The van der Waals surface area contributed by atoms with Gasteiger partial charge in [0.05, 0.1) is 17.8 Å². The summed E-state index contributed by atoms with van der Waals surface area (Å²) in [7, 11) is -2.57. The second-order valence-electron chi connectivity index (χ2n) is 6.59. The Morgan fingerprint density at radius 1 is 1.13 bits per heavy atom. The van der Waals surface area contributed by atoms with E-state index in [2.05, 4.69) is 28.8 Å². The molecule has 10 heteroatoms. The van der Waals surface area contributed by atoms with Crippen LogP contribution in [0, 0.1) is 0 Å². The summed E-state index contributed by atoms with van der Waals surface area (Å²) < 4.78 is 33.4. The van der Waals surface area contributed by atoms with E-state index in [4.69, 9.17) is 16.3 Å². The van der Waals surface area contributed by atoms with Crippen molar-refractivity contribution in [2.75, 3.05) is 38.0 Å². The predicted molar refractivity (Wildman–Crippen MR) is 127 cm³/mol. The minimum absolute atomic E-state index is 0. The lowest BCUT2D eigenvalue weighted by atomic mass is 10.2. The number of carbonyl (C=O) groups excluding carboxylic acids is 1. The molecule has 2 rings (SSSR count). The molecule has 2 aromatic rings. The van der Waals surface area contributed by atoms with Crippen LogP contribution in [0.3, 0.4) is 0 Å². The molecule has 0 aliphatic heterocycles. The van der Waals surface area contributed by atoms with Crippen LogP contribution in [-0.2, 0) is 10.0 Å². The van der Waals surface area contributed by atoms with Gasteiger partial charge in [-0.25, -0.2) is 8.42 Å². The SMILES string of the molecule is CCN(CC)CCCNC(=O)c1ccc(Cl)c(S(=O)(=O)Nc2ccccc2OC)c1.Cl. The number of carbonyl (C=O) groups is 1. The molecule has 2 aromatic carbocycles.